The Kier molecular flexibility index (Phi) is 8.75. The molecule has 5 nitrogen and oxygen atoms in total. The second-order valence-electron chi connectivity index (χ2n) is 4.73. The highest BCUT2D eigenvalue weighted by atomic mass is 27.0. The fourth-order valence-corrected chi connectivity index (χ4v) is 1.87. The minimum absolute atomic E-state index is 0. The molecule has 0 saturated carbocycles. The van der Waals surface area contributed by atoms with Crippen LogP contribution in [0.3, 0.4) is 0 Å². The quantitative estimate of drug-likeness (QED) is 0.420. The number of hydrogen-bond acceptors (Lipinski definition) is 4. The summed E-state index contributed by atoms with van der Waals surface area (Å²) in [4.78, 5) is 22.6. The molecule has 0 rings (SSSR count). The average Bonchev–Trinajstić information content (AvgIpc) is 1.95. The van der Waals surface area contributed by atoms with Gasteiger partial charge in [0.05, 0.1) is 12.2 Å². The lowest BCUT2D eigenvalue weighted by Gasteiger charge is -2.36. The van der Waals surface area contributed by atoms with E-state index in [1.165, 1.54) is 13.8 Å². The van der Waals surface area contributed by atoms with E-state index < -0.39 is 23.5 Å². The maximum atomic E-state index is 11.5. The van der Waals surface area contributed by atoms with E-state index in [1.54, 1.807) is 27.7 Å². The summed E-state index contributed by atoms with van der Waals surface area (Å²) in [7, 11) is 0. The third kappa shape index (κ3) is 5.97. The lowest BCUT2D eigenvalue weighted by Crippen LogP contribution is -2.50. The molecule has 0 aromatic heterocycles. The van der Waals surface area contributed by atoms with E-state index in [0.29, 0.717) is 0 Å². The molecule has 0 saturated heterocycles. The molecule has 106 valence electrons. The molecule has 0 spiro atoms. The van der Waals surface area contributed by atoms with Crippen molar-refractivity contribution < 1.29 is 24.2 Å². The lowest BCUT2D eigenvalue weighted by atomic mass is 9.95. The van der Waals surface area contributed by atoms with Crippen LogP contribution >= 0.6 is 0 Å². The predicted octanol–water partition coefficient (Wildman–Crippen LogP) is 0.658. The standard InChI is InChI=1S/C12H22O5.Al.3H/c1-7(2)16-12(6,17-8(3)4)10(9(5)13)11(14)15;;;;/h7-8,10H,1-6H3,(H,14,15);;;;. The molecule has 1 unspecified atom stereocenters. The Morgan fingerprint density at radius 3 is 1.56 bits per heavy atom. The van der Waals surface area contributed by atoms with Gasteiger partial charge in [-0.2, -0.15) is 0 Å². The van der Waals surface area contributed by atoms with Gasteiger partial charge in [0.15, 0.2) is 29.1 Å². The molecule has 6 heteroatoms. The van der Waals surface area contributed by atoms with Gasteiger partial charge in [-0.25, -0.2) is 0 Å². The van der Waals surface area contributed by atoms with Crippen LogP contribution in [0.25, 0.3) is 0 Å². The Morgan fingerprint density at radius 2 is 1.39 bits per heavy atom. The highest BCUT2D eigenvalue weighted by molar-refractivity contribution is 5.98. The third-order valence-electron chi connectivity index (χ3n) is 2.12. The summed E-state index contributed by atoms with van der Waals surface area (Å²) >= 11 is 0. The van der Waals surface area contributed by atoms with Crippen LogP contribution in [0.15, 0.2) is 0 Å². The highest BCUT2D eigenvalue weighted by Gasteiger charge is 2.46. The number of carboxylic acids is 1. The van der Waals surface area contributed by atoms with Crippen LogP contribution in [-0.4, -0.2) is 52.2 Å². The van der Waals surface area contributed by atoms with Crippen LogP contribution in [-0.2, 0) is 19.1 Å². The van der Waals surface area contributed by atoms with Crippen molar-refractivity contribution in [2.45, 2.75) is 59.5 Å². The van der Waals surface area contributed by atoms with Gasteiger partial charge in [-0.3, -0.25) is 9.59 Å². The van der Waals surface area contributed by atoms with Gasteiger partial charge in [0.1, 0.15) is 5.78 Å². The number of aliphatic carboxylic acids is 1. The number of carboxylic acid groups (broad SMARTS) is 1. The first-order valence-corrected chi connectivity index (χ1v) is 5.69. The van der Waals surface area contributed by atoms with Crippen LogP contribution in [0.2, 0.25) is 0 Å². The number of Topliss-reactive ketones (excluding diaryl/α,β-unsaturated/α-hetero) is 1. The minimum atomic E-state index is -1.44. The first kappa shape index (κ1) is 19.9. The van der Waals surface area contributed by atoms with Crippen molar-refractivity contribution in [2.24, 2.45) is 5.92 Å². The Balaban J connectivity index is 0. The number of rotatable bonds is 7. The summed E-state index contributed by atoms with van der Waals surface area (Å²) in [5, 5.41) is 9.12. The van der Waals surface area contributed by atoms with Gasteiger partial charge in [0, 0.05) is 0 Å². The van der Waals surface area contributed by atoms with Gasteiger partial charge in [0.25, 0.3) is 0 Å². The Bertz CT molecular complexity index is 264. The van der Waals surface area contributed by atoms with E-state index in [9.17, 15) is 9.59 Å². The molecular formula is C12H25AlO5. The average molecular weight is 276 g/mol. The van der Waals surface area contributed by atoms with E-state index in [4.69, 9.17) is 14.6 Å². The van der Waals surface area contributed by atoms with E-state index in [2.05, 4.69) is 0 Å². The summed E-state index contributed by atoms with van der Waals surface area (Å²) in [5.41, 5.74) is 0. The van der Waals surface area contributed by atoms with Gasteiger partial charge in [-0.1, -0.05) is 0 Å². The second-order valence-corrected chi connectivity index (χ2v) is 4.73. The van der Waals surface area contributed by atoms with Crippen molar-refractivity contribution in [1.82, 2.24) is 0 Å². The van der Waals surface area contributed by atoms with Gasteiger partial charge in [-0.15, -0.1) is 0 Å². The molecule has 0 aromatic rings. The Morgan fingerprint density at radius 1 is 1.06 bits per heavy atom. The van der Waals surface area contributed by atoms with Crippen LogP contribution in [0.1, 0.15) is 41.5 Å². The number of carbonyl (C=O) groups is 2. The van der Waals surface area contributed by atoms with E-state index in [0.717, 1.165) is 0 Å². The fraction of sp³-hybridized carbons (Fsp3) is 0.833. The number of carbonyl (C=O) groups excluding carboxylic acids is 1. The van der Waals surface area contributed by atoms with Crippen LogP contribution in [0.5, 0.6) is 0 Å². The molecule has 0 aromatic carbocycles. The summed E-state index contributed by atoms with van der Waals surface area (Å²) in [5.74, 6) is -4.49. The van der Waals surface area contributed by atoms with Crippen LogP contribution in [0.4, 0.5) is 0 Å². The van der Waals surface area contributed by atoms with Crippen LogP contribution in [0, 0.1) is 5.92 Å². The fourth-order valence-electron chi connectivity index (χ4n) is 1.87. The molecular weight excluding hydrogens is 251 g/mol. The SMILES string of the molecule is CC(=O)C(C(=O)O)C(C)(OC(C)C)OC(C)C.[AlH3]. The van der Waals surface area contributed by atoms with Crippen LogP contribution < -0.4 is 0 Å². The summed E-state index contributed by atoms with van der Waals surface area (Å²) in [6.07, 6.45) is -0.472. The van der Waals surface area contributed by atoms with Gasteiger partial charge in [-0.05, 0) is 41.5 Å². The zero-order chi connectivity index (χ0) is 13.8. The van der Waals surface area contributed by atoms with E-state index in [-0.39, 0.29) is 29.6 Å². The van der Waals surface area contributed by atoms with Crippen molar-refractivity contribution in [1.29, 1.82) is 0 Å². The topological polar surface area (TPSA) is 72.8 Å². The highest BCUT2D eigenvalue weighted by Crippen LogP contribution is 2.28. The number of ether oxygens (including phenoxy) is 2. The van der Waals surface area contributed by atoms with Crippen molar-refractivity contribution in [2.75, 3.05) is 0 Å². The largest absolute Gasteiger partial charge is 0.481 e. The second kappa shape index (κ2) is 7.90. The molecule has 0 fully saturated rings. The molecule has 0 radical (unpaired) electrons. The predicted molar refractivity (Wildman–Crippen MR) is 72.6 cm³/mol. The van der Waals surface area contributed by atoms with Crippen molar-refractivity contribution in [3.05, 3.63) is 0 Å². The maximum absolute atomic E-state index is 11.5. The van der Waals surface area contributed by atoms with Crippen molar-refractivity contribution in [3.63, 3.8) is 0 Å². The van der Waals surface area contributed by atoms with Crippen molar-refractivity contribution >= 4 is 29.1 Å². The molecule has 0 aliphatic rings. The molecule has 0 bridgehead atoms. The normalized spacial score (nSPS) is 13.3. The molecule has 0 amide bonds. The summed E-state index contributed by atoms with van der Waals surface area (Å²) in [6, 6.07) is 0. The molecule has 1 atom stereocenters. The molecule has 0 aliphatic heterocycles. The first-order chi connectivity index (χ1) is 7.60. The number of ketones is 1. The minimum Gasteiger partial charge on any atom is -0.481 e. The molecule has 0 heterocycles. The smallest absolute Gasteiger partial charge is 0.319 e. The molecule has 0 aliphatic carbocycles. The number of hydrogen-bond donors (Lipinski definition) is 1. The Hall–Kier alpha value is -0.408. The maximum Gasteiger partial charge on any atom is 0.319 e. The van der Waals surface area contributed by atoms with E-state index >= 15 is 0 Å². The third-order valence-corrected chi connectivity index (χ3v) is 2.12. The molecule has 1 N–H and O–H groups in total. The van der Waals surface area contributed by atoms with Crippen molar-refractivity contribution in [3.8, 4) is 0 Å². The van der Waals surface area contributed by atoms with E-state index in [1.807, 2.05) is 0 Å². The lowest BCUT2D eigenvalue weighted by molar-refractivity contribution is -0.278. The Labute approximate surface area is 119 Å². The first-order valence-electron chi connectivity index (χ1n) is 5.69. The van der Waals surface area contributed by atoms with Gasteiger partial charge < -0.3 is 14.6 Å². The summed E-state index contributed by atoms with van der Waals surface area (Å²) < 4.78 is 11.0. The zero-order valence-corrected chi connectivity index (χ0v) is 11.3. The van der Waals surface area contributed by atoms with Gasteiger partial charge >= 0.3 is 5.97 Å². The zero-order valence-electron chi connectivity index (χ0n) is 11.3. The summed E-state index contributed by atoms with van der Waals surface area (Å²) in [6.45, 7) is 9.78. The monoisotopic (exact) mass is 276 g/mol. The van der Waals surface area contributed by atoms with Gasteiger partial charge in [0.2, 0.25) is 0 Å². The molecule has 18 heavy (non-hydrogen) atoms.